The number of hydrogen-bond acceptors (Lipinski definition) is 2. The number of rotatable bonds is 3. The third-order valence-corrected chi connectivity index (χ3v) is 4.37. The zero-order valence-electron chi connectivity index (χ0n) is 10.8. The van der Waals surface area contributed by atoms with Gasteiger partial charge in [-0.05, 0) is 30.9 Å². The van der Waals surface area contributed by atoms with Crippen LogP contribution in [0.15, 0.2) is 18.2 Å². The van der Waals surface area contributed by atoms with E-state index < -0.39 is 5.97 Å². The van der Waals surface area contributed by atoms with E-state index in [4.69, 9.17) is 28.3 Å². The van der Waals surface area contributed by atoms with Crippen molar-refractivity contribution in [2.45, 2.75) is 19.3 Å². The van der Waals surface area contributed by atoms with Gasteiger partial charge in [-0.1, -0.05) is 29.3 Å². The van der Waals surface area contributed by atoms with Crippen molar-refractivity contribution in [1.29, 1.82) is 0 Å². The second-order valence-electron chi connectivity index (χ2n) is 4.93. The molecule has 1 fully saturated rings. The van der Waals surface area contributed by atoms with Gasteiger partial charge in [-0.15, -0.1) is 0 Å². The van der Waals surface area contributed by atoms with Crippen LogP contribution in [0.4, 0.5) is 0 Å². The summed E-state index contributed by atoms with van der Waals surface area (Å²) in [6.45, 7) is 1.11. The maximum absolute atomic E-state index is 12.4. The van der Waals surface area contributed by atoms with Crippen molar-refractivity contribution >= 4 is 35.1 Å². The van der Waals surface area contributed by atoms with E-state index in [1.807, 2.05) is 0 Å². The second kappa shape index (κ2) is 6.46. The van der Waals surface area contributed by atoms with Crippen LogP contribution in [-0.4, -0.2) is 35.0 Å². The molecular formula is C14H15Cl2NO3. The molecule has 1 heterocycles. The summed E-state index contributed by atoms with van der Waals surface area (Å²) in [6.07, 6.45) is 1.58. The van der Waals surface area contributed by atoms with Crippen LogP contribution >= 0.6 is 23.2 Å². The molecule has 0 unspecified atom stereocenters. The number of aliphatic carboxylic acids is 1. The number of likely N-dealkylation sites (tertiary alicyclic amines) is 1. The molecule has 1 aliphatic rings. The largest absolute Gasteiger partial charge is 0.481 e. The molecule has 0 bridgehead atoms. The molecule has 1 aromatic rings. The summed E-state index contributed by atoms with van der Waals surface area (Å²) >= 11 is 12.0. The third-order valence-electron chi connectivity index (χ3n) is 3.55. The van der Waals surface area contributed by atoms with Crippen LogP contribution < -0.4 is 0 Å². The Morgan fingerprint density at radius 1 is 1.25 bits per heavy atom. The molecule has 0 spiro atoms. The number of nitrogens with zero attached hydrogens (tertiary/aromatic N) is 1. The molecule has 1 amide bonds. The predicted octanol–water partition coefficient (Wildman–Crippen LogP) is 3.32. The van der Waals surface area contributed by atoms with E-state index in [2.05, 4.69) is 0 Å². The van der Waals surface area contributed by atoms with Crippen LogP contribution in [0.5, 0.6) is 0 Å². The minimum Gasteiger partial charge on any atom is -0.481 e. The molecule has 1 aliphatic heterocycles. The van der Waals surface area contributed by atoms with Crippen molar-refractivity contribution in [2.24, 2.45) is 5.92 Å². The number of benzene rings is 1. The van der Waals surface area contributed by atoms with E-state index in [1.54, 1.807) is 23.1 Å². The lowest BCUT2D eigenvalue weighted by molar-refractivity contribution is -0.138. The number of halogens is 2. The number of carbonyl (C=O) groups excluding carboxylic acids is 1. The molecule has 4 nitrogen and oxygen atoms in total. The summed E-state index contributed by atoms with van der Waals surface area (Å²) in [5.41, 5.74) is 0.399. The van der Waals surface area contributed by atoms with Gasteiger partial charge in [0.25, 0.3) is 5.91 Å². The van der Waals surface area contributed by atoms with E-state index in [0.717, 1.165) is 0 Å². The fraction of sp³-hybridized carbons (Fsp3) is 0.429. The van der Waals surface area contributed by atoms with E-state index in [1.165, 1.54) is 0 Å². The highest BCUT2D eigenvalue weighted by Gasteiger charge is 2.26. The smallest absolute Gasteiger partial charge is 0.303 e. The monoisotopic (exact) mass is 315 g/mol. The van der Waals surface area contributed by atoms with Gasteiger partial charge in [0.15, 0.2) is 0 Å². The van der Waals surface area contributed by atoms with E-state index >= 15 is 0 Å². The molecule has 0 radical (unpaired) electrons. The Morgan fingerprint density at radius 3 is 2.50 bits per heavy atom. The first-order valence-corrected chi connectivity index (χ1v) is 7.19. The van der Waals surface area contributed by atoms with Gasteiger partial charge in [0, 0.05) is 19.5 Å². The van der Waals surface area contributed by atoms with Crippen molar-refractivity contribution in [2.75, 3.05) is 13.1 Å². The molecule has 0 saturated carbocycles. The standard InChI is InChI=1S/C14H15Cl2NO3/c15-11-3-1-2-10(13(11)16)14(20)17-6-4-9(5-7-17)8-12(18)19/h1-3,9H,4-8H2,(H,18,19). The zero-order valence-corrected chi connectivity index (χ0v) is 12.3. The summed E-state index contributed by atoms with van der Waals surface area (Å²) in [6, 6.07) is 4.98. The molecule has 1 N–H and O–H groups in total. The van der Waals surface area contributed by atoms with Crippen LogP contribution in [0.1, 0.15) is 29.6 Å². The minimum absolute atomic E-state index is 0.145. The summed E-state index contributed by atoms with van der Waals surface area (Å²) in [5.74, 6) is -0.787. The Kier molecular flexibility index (Phi) is 4.89. The van der Waals surface area contributed by atoms with Crippen molar-refractivity contribution in [3.05, 3.63) is 33.8 Å². The van der Waals surface area contributed by atoms with E-state index in [-0.39, 0.29) is 23.3 Å². The number of carboxylic acid groups (broad SMARTS) is 1. The summed E-state index contributed by atoms with van der Waals surface area (Å²) in [5, 5.41) is 9.40. The molecule has 1 saturated heterocycles. The average molecular weight is 316 g/mol. The average Bonchev–Trinajstić information content (AvgIpc) is 2.41. The molecule has 0 aromatic heterocycles. The van der Waals surface area contributed by atoms with Crippen LogP contribution in [0, 0.1) is 5.92 Å². The molecule has 6 heteroatoms. The van der Waals surface area contributed by atoms with Gasteiger partial charge >= 0.3 is 5.97 Å². The quantitative estimate of drug-likeness (QED) is 0.930. The second-order valence-corrected chi connectivity index (χ2v) is 5.72. The molecule has 20 heavy (non-hydrogen) atoms. The number of carbonyl (C=O) groups is 2. The Morgan fingerprint density at radius 2 is 1.90 bits per heavy atom. The highest BCUT2D eigenvalue weighted by Crippen LogP contribution is 2.28. The van der Waals surface area contributed by atoms with Crippen LogP contribution in [-0.2, 0) is 4.79 Å². The molecule has 108 valence electrons. The topological polar surface area (TPSA) is 57.6 Å². The summed E-state index contributed by atoms with van der Waals surface area (Å²) in [7, 11) is 0. The Hall–Kier alpha value is -1.26. The van der Waals surface area contributed by atoms with Crippen molar-refractivity contribution in [3.63, 3.8) is 0 Å². The van der Waals surface area contributed by atoms with Crippen molar-refractivity contribution < 1.29 is 14.7 Å². The summed E-state index contributed by atoms with van der Waals surface area (Å²) < 4.78 is 0. The lowest BCUT2D eigenvalue weighted by Crippen LogP contribution is -2.39. The number of amides is 1. The van der Waals surface area contributed by atoms with E-state index in [9.17, 15) is 9.59 Å². The maximum Gasteiger partial charge on any atom is 0.303 e. The first kappa shape index (κ1) is 15.1. The predicted molar refractivity (Wildman–Crippen MR) is 77.3 cm³/mol. The molecule has 1 aromatic carbocycles. The highest BCUT2D eigenvalue weighted by atomic mass is 35.5. The van der Waals surface area contributed by atoms with Crippen LogP contribution in [0.3, 0.4) is 0 Å². The SMILES string of the molecule is O=C(O)CC1CCN(C(=O)c2cccc(Cl)c2Cl)CC1. The third kappa shape index (κ3) is 3.44. The van der Waals surface area contributed by atoms with Gasteiger partial charge in [0.1, 0.15) is 0 Å². The van der Waals surface area contributed by atoms with E-state index in [0.29, 0.717) is 36.5 Å². The molecule has 2 rings (SSSR count). The molecule has 0 atom stereocenters. The number of hydrogen-bond donors (Lipinski definition) is 1. The fourth-order valence-corrected chi connectivity index (χ4v) is 2.81. The Bertz CT molecular complexity index is 525. The van der Waals surface area contributed by atoms with Gasteiger partial charge in [-0.2, -0.15) is 0 Å². The first-order valence-electron chi connectivity index (χ1n) is 6.44. The van der Waals surface area contributed by atoms with Gasteiger partial charge in [0.2, 0.25) is 0 Å². The van der Waals surface area contributed by atoms with Crippen LogP contribution in [0.25, 0.3) is 0 Å². The molecule has 0 aliphatic carbocycles. The Balaban J connectivity index is 2.02. The first-order chi connectivity index (χ1) is 9.49. The number of carboxylic acids is 1. The van der Waals surface area contributed by atoms with Crippen LogP contribution in [0.2, 0.25) is 10.0 Å². The normalized spacial score (nSPS) is 16.2. The highest BCUT2D eigenvalue weighted by molar-refractivity contribution is 6.43. The maximum atomic E-state index is 12.4. The van der Waals surface area contributed by atoms with Gasteiger partial charge in [-0.25, -0.2) is 0 Å². The van der Waals surface area contributed by atoms with Gasteiger partial charge < -0.3 is 10.0 Å². The Labute approximate surface area is 127 Å². The fourth-order valence-electron chi connectivity index (χ4n) is 2.43. The van der Waals surface area contributed by atoms with Gasteiger partial charge in [0.05, 0.1) is 15.6 Å². The minimum atomic E-state index is -0.785. The summed E-state index contributed by atoms with van der Waals surface area (Å²) in [4.78, 5) is 24.7. The molecular weight excluding hydrogens is 301 g/mol. The lowest BCUT2D eigenvalue weighted by Gasteiger charge is -2.31. The van der Waals surface area contributed by atoms with Gasteiger partial charge in [-0.3, -0.25) is 9.59 Å². The number of piperidine rings is 1. The zero-order chi connectivity index (χ0) is 14.7. The van der Waals surface area contributed by atoms with Crippen molar-refractivity contribution in [3.8, 4) is 0 Å². The lowest BCUT2D eigenvalue weighted by atomic mass is 9.93. The van der Waals surface area contributed by atoms with Crippen molar-refractivity contribution in [1.82, 2.24) is 4.90 Å².